The van der Waals surface area contributed by atoms with Gasteiger partial charge in [-0.2, -0.15) is 0 Å². The van der Waals surface area contributed by atoms with Crippen molar-refractivity contribution in [1.82, 2.24) is 0 Å². The van der Waals surface area contributed by atoms with Crippen LogP contribution in [0.25, 0.3) is 6.08 Å². The van der Waals surface area contributed by atoms with E-state index < -0.39 is 0 Å². The second-order valence-electron chi connectivity index (χ2n) is 6.20. The van der Waals surface area contributed by atoms with Crippen molar-refractivity contribution in [2.24, 2.45) is 0 Å². The van der Waals surface area contributed by atoms with E-state index in [2.05, 4.69) is 5.32 Å². The number of anilines is 1. The molecule has 1 heterocycles. The first-order chi connectivity index (χ1) is 12.2. The standard InChI is InChI=1S/C21H23NO3/c1-16-4-6-17(7-5-16)8-13-21(23)22-18-9-11-19(12-10-18)25-15-20-3-2-14-24-20/h4-13,20H,2-3,14-15H2,1H3,(H,22,23)/b13-8+/t20-/m0/s1. The highest BCUT2D eigenvalue weighted by Gasteiger charge is 2.15. The number of carbonyl (C=O) groups is 1. The van der Waals surface area contributed by atoms with Gasteiger partial charge in [0, 0.05) is 18.4 Å². The van der Waals surface area contributed by atoms with E-state index in [1.54, 1.807) is 6.08 Å². The van der Waals surface area contributed by atoms with E-state index in [1.807, 2.05) is 55.5 Å². The lowest BCUT2D eigenvalue weighted by Crippen LogP contribution is -2.16. The smallest absolute Gasteiger partial charge is 0.248 e. The summed E-state index contributed by atoms with van der Waals surface area (Å²) in [4.78, 5) is 12.0. The average Bonchev–Trinajstić information content (AvgIpc) is 3.14. The largest absolute Gasteiger partial charge is 0.491 e. The minimum Gasteiger partial charge on any atom is -0.491 e. The number of rotatable bonds is 6. The van der Waals surface area contributed by atoms with E-state index in [0.717, 1.165) is 36.4 Å². The highest BCUT2D eigenvalue weighted by molar-refractivity contribution is 6.01. The second kappa shape index (κ2) is 8.49. The van der Waals surface area contributed by atoms with Crippen LogP contribution in [0, 0.1) is 6.92 Å². The van der Waals surface area contributed by atoms with E-state index in [1.165, 1.54) is 11.6 Å². The zero-order valence-electron chi connectivity index (χ0n) is 14.4. The van der Waals surface area contributed by atoms with Gasteiger partial charge in [-0.3, -0.25) is 4.79 Å². The fourth-order valence-electron chi connectivity index (χ4n) is 2.63. The molecule has 1 aliphatic rings. The van der Waals surface area contributed by atoms with Crippen molar-refractivity contribution in [3.05, 3.63) is 65.7 Å². The molecule has 25 heavy (non-hydrogen) atoms. The number of hydrogen-bond acceptors (Lipinski definition) is 3. The number of aryl methyl sites for hydroxylation is 1. The van der Waals surface area contributed by atoms with E-state index in [4.69, 9.17) is 9.47 Å². The summed E-state index contributed by atoms with van der Waals surface area (Å²) in [6.45, 7) is 3.44. The Labute approximate surface area is 148 Å². The summed E-state index contributed by atoms with van der Waals surface area (Å²) in [5, 5.41) is 2.84. The quantitative estimate of drug-likeness (QED) is 0.804. The van der Waals surface area contributed by atoms with Crippen molar-refractivity contribution in [3.63, 3.8) is 0 Å². The maximum atomic E-state index is 12.0. The summed E-state index contributed by atoms with van der Waals surface area (Å²) in [5.74, 6) is 0.622. The third kappa shape index (κ3) is 5.47. The molecule has 1 aliphatic heterocycles. The van der Waals surface area contributed by atoms with Crippen molar-refractivity contribution in [3.8, 4) is 5.75 Å². The highest BCUT2D eigenvalue weighted by atomic mass is 16.5. The maximum absolute atomic E-state index is 12.0. The minimum atomic E-state index is -0.159. The van der Waals surface area contributed by atoms with Crippen LogP contribution in [0.4, 0.5) is 5.69 Å². The van der Waals surface area contributed by atoms with Crippen LogP contribution in [0.3, 0.4) is 0 Å². The second-order valence-corrected chi connectivity index (χ2v) is 6.20. The maximum Gasteiger partial charge on any atom is 0.248 e. The van der Waals surface area contributed by atoms with Crippen molar-refractivity contribution in [1.29, 1.82) is 0 Å². The van der Waals surface area contributed by atoms with E-state index in [-0.39, 0.29) is 12.0 Å². The van der Waals surface area contributed by atoms with Gasteiger partial charge in [-0.15, -0.1) is 0 Å². The predicted octanol–water partition coefficient (Wildman–Crippen LogP) is 4.20. The summed E-state index contributed by atoms with van der Waals surface area (Å²) in [6, 6.07) is 15.4. The molecule has 1 amide bonds. The number of benzene rings is 2. The van der Waals surface area contributed by atoms with Gasteiger partial charge in [-0.25, -0.2) is 0 Å². The van der Waals surface area contributed by atoms with Gasteiger partial charge in [0.1, 0.15) is 12.4 Å². The number of amides is 1. The van der Waals surface area contributed by atoms with Gasteiger partial charge in [-0.1, -0.05) is 29.8 Å². The Bertz CT molecular complexity index is 714. The topological polar surface area (TPSA) is 47.6 Å². The highest BCUT2D eigenvalue weighted by Crippen LogP contribution is 2.18. The van der Waals surface area contributed by atoms with Gasteiger partial charge in [0.25, 0.3) is 0 Å². The summed E-state index contributed by atoms with van der Waals surface area (Å²) in [7, 11) is 0. The number of carbonyl (C=O) groups excluding carboxylic acids is 1. The normalized spacial score (nSPS) is 16.9. The Morgan fingerprint density at radius 3 is 2.64 bits per heavy atom. The van der Waals surface area contributed by atoms with Crippen LogP contribution in [0.5, 0.6) is 5.75 Å². The van der Waals surface area contributed by atoms with Crippen molar-refractivity contribution in [2.45, 2.75) is 25.9 Å². The molecule has 1 saturated heterocycles. The molecule has 0 radical (unpaired) electrons. The van der Waals surface area contributed by atoms with Gasteiger partial charge >= 0.3 is 0 Å². The monoisotopic (exact) mass is 337 g/mol. The first-order valence-electron chi connectivity index (χ1n) is 8.59. The third-order valence-electron chi connectivity index (χ3n) is 4.09. The average molecular weight is 337 g/mol. The molecule has 0 unspecified atom stereocenters. The molecule has 4 heteroatoms. The van der Waals surface area contributed by atoms with Crippen molar-refractivity contribution in [2.75, 3.05) is 18.5 Å². The molecule has 0 saturated carbocycles. The van der Waals surface area contributed by atoms with Gasteiger partial charge in [0.15, 0.2) is 0 Å². The van der Waals surface area contributed by atoms with Crippen LogP contribution in [-0.2, 0) is 9.53 Å². The van der Waals surface area contributed by atoms with Crippen LogP contribution in [-0.4, -0.2) is 25.2 Å². The van der Waals surface area contributed by atoms with Gasteiger partial charge in [0.05, 0.1) is 6.10 Å². The molecule has 1 fully saturated rings. The Morgan fingerprint density at radius 1 is 1.20 bits per heavy atom. The summed E-state index contributed by atoms with van der Waals surface area (Å²) in [6.07, 6.45) is 5.70. The van der Waals surface area contributed by atoms with E-state index in [0.29, 0.717) is 6.61 Å². The fraction of sp³-hybridized carbons (Fsp3) is 0.286. The molecule has 2 aromatic rings. The van der Waals surface area contributed by atoms with Crippen LogP contribution in [0.1, 0.15) is 24.0 Å². The van der Waals surface area contributed by atoms with Crippen molar-refractivity contribution >= 4 is 17.7 Å². The summed E-state index contributed by atoms with van der Waals surface area (Å²) in [5.41, 5.74) is 2.94. The van der Waals surface area contributed by atoms with Crippen LogP contribution >= 0.6 is 0 Å². The summed E-state index contributed by atoms with van der Waals surface area (Å²) < 4.78 is 11.2. The molecule has 0 aliphatic carbocycles. The van der Waals surface area contributed by atoms with Crippen molar-refractivity contribution < 1.29 is 14.3 Å². The zero-order valence-corrected chi connectivity index (χ0v) is 14.4. The molecule has 130 valence electrons. The zero-order chi connectivity index (χ0) is 17.5. The number of nitrogens with one attached hydrogen (secondary N) is 1. The molecule has 0 aromatic heterocycles. The first-order valence-corrected chi connectivity index (χ1v) is 8.59. The Hall–Kier alpha value is -2.59. The minimum absolute atomic E-state index is 0.159. The Balaban J connectivity index is 1.48. The van der Waals surface area contributed by atoms with Crippen LogP contribution in [0.2, 0.25) is 0 Å². The van der Waals surface area contributed by atoms with Crippen LogP contribution in [0.15, 0.2) is 54.6 Å². The molecule has 2 aromatic carbocycles. The van der Waals surface area contributed by atoms with E-state index >= 15 is 0 Å². The molecule has 1 N–H and O–H groups in total. The fourth-order valence-corrected chi connectivity index (χ4v) is 2.63. The van der Waals surface area contributed by atoms with Gasteiger partial charge in [0.2, 0.25) is 5.91 Å². The van der Waals surface area contributed by atoms with E-state index in [9.17, 15) is 4.79 Å². The SMILES string of the molecule is Cc1ccc(/C=C/C(=O)Nc2ccc(OC[C@@H]3CCCO3)cc2)cc1. The third-order valence-corrected chi connectivity index (χ3v) is 4.09. The lowest BCUT2D eigenvalue weighted by molar-refractivity contribution is -0.111. The van der Waals surface area contributed by atoms with Gasteiger partial charge in [-0.05, 0) is 55.7 Å². The lowest BCUT2D eigenvalue weighted by Gasteiger charge is -2.11. The summed E-state index contributed by atoms with van der Waals surface area (Å²) >= 11 is 0. The number of ether oxygens (including phenoxy) is 2. The molecule has 4 nitrogen and oxygen atoms in total. The number of hydrogen-bond donors (Lipinski definition) is 1. The molecule has 0 bridgehead atoms. The molecular formula is C21H23NO3. The lowest BCUT2D eigenvalue weighted by atomic mass is 10.1. The molecule has 1 atom stereocenters. The molecule has 0 spiro atoms. The molecule has 3 rings (SSSR count). The molecular weight excluding hydrogens is 314 g/mol. The van der Waals surface area contributed by atoms with Crippen LogP contribution < -0.4 is 10.1 Å². The predicted molar refractivity (Wildman–Crippen MR) is 99.8 cm³/mol. The Kier molecular flexibility index (Phi) is 5.86. The first kappa shape index (κ1) is 17.2. The van der Waals surface area contributed by atoms with Gasteiger partial charge < -0.3 is 14.8 Å². The Morgan fingerprint density at radius 2 is 1.96 bits per heavy atom.